The van der Waals surface area contributed by atoms with Crippen LogP contribution in [0.1, 0.15) is 58.2 Å². The molecule has 1 heterocycles. The highest BCUT2D eigenvalue weighted by Gasteiger charge is 2.14. The fourth-order valence-corrected chi connectivity index (χ4v) is 3.09. The van der Waals surface area contributed by atoms with Crippen LogP contribution in [0.3, 0.4) is 0 Å². The van der Waals surface area contributed by atoms with Gasteiger partial charge in [0.1, 0.15) is 5.75 Å². The van der Waals surface area contributed by atoms with Crippen LogP contribution in [-0.4, -0.2) is 17.2 Å². The molecule has 0 amide bonds. The van der Waals surface area contributed by atoms with E-state index in [4.69, 9.17) is 4.74 Å². The number of nitrogens with one attached hydrogen (secondary N) is 1. The van der Waals surface area contributed by atoms with Gasteiger partial charge in [-0.2, -0.15) is 0 Å². The largest absolute Gasteiger partial charge is 0.491 e. The molecule has 0 bridgehead atoms. The van der Waals surface area contributed by atoms with E-state index < -0.39 is 0 Å². The van der Waals surface area contributed by atoms with E-state index >= 15 is 0 Å². The molecule has 2 aromatic rings. The van der Waals surface area contributed by atoms with E-state index in [1.807, 2.05) is 0 Å². The van der Waals surface area contributed by atoms with E-state index in [0.717, 1.165) is 31.8 Å². The topological polar surface area (TPSA) is 26.2 Å². The Hall–Kier alpha value is -1.48. The zero-order chi connectivity index (χ0) is 16.8. The summed E-state index contributed by atoms with van der Waals surface area (Å²) in [7, 11) is 0. The SMILES string of the molecule is CCCCn1c(C)c(CNCCC)c2cc(OC(C)C)ccc21. The van der Waals surface area contributed by atoms with Gasteiger partial charge in [-0.25, -0.2) is 0 Å². The van der Waals surface area contributed by atoms with Crippen molar-refractivity contribution >= 4 is 10.9 Å². The van der Waals surface area contributed by atoms with E-state index in [9.17, 15) is 0 Å². The van der Waals surface area contributed by atoms with Crippen LogP contribution in [0.4, 0.5) is 0 Å². The van der Waals surface area contributed by atoms with Crippen molar-refractivity contribution < 1.29 is 4.74 Å². The summed E-state index contributed by atoms with van der Waals surface area (Å²) in [4.78, 5) is 0. The number of aryl methyl sites for hydroxylation is 1. The van der Waals surface area contributed by atoms with Gasteiger partial charge < -0.3 is 14.6 Å². The van der Waals surface area contributed by atoms with E-state index in [1.54, 1.807) is 0 Å². The Balaban J connectivity index is 2.43. The van der Waals surface area contributed by atoms with Crippen molar-refractivity contribution in [1.82, 2.24) is 9.88 Å². The van der Waals surface area contributed by atoms with Gasteiger partial charge in [0, 0.05) is 29.7 Å². The molecule has 0 unspecified atom stereocenters. The number of aromatic nitrogens is 1. The second-order valence-corrected chi connectivity index (χ2v) is 6.59. The van der Waals surface area contributed by atoms with Gasteiger partial charge in [-0.05, 0) is 63.9 Å². The average Bonchev–Trinajstić information content (AvgIpc) is 2.77. The molecule has 0 aliphatic rings. The fourth-order valence-electron chi connectivity index (χ4n) is 3.09. The number of hydrogen-bond acceptors (Lipinski definition) is 2. The highest BCUT2D eigenvalue weighted by atomic mass is 16.5. The third-order valence-electron chi connectivity index (χ3n) is 4.26. The third-order valence-corrected chi connectivity index (χ3v) is 4.26. The van der Waals surface area contributed by atoms with Crippen molar-refractivity contribution in [3.63, 3.8) is 0 Å². The number of nitrogens with zero attached hydrogens (tertiary/aromatic N) is 1. The van der Waals surface area contributed by atoms with Crippen LogP contribution in [0.15, 0.2) is 18.2 Å². The lowest BCUT2D eigenvalue weighted by Crippen LogP contribution is -2.14. The molecular weight excluding hydrogens is 284 g/mol. The molecule has 128 valence electrons. The second kappa shape index (κ2) is 8.39. The first-order valence-electron chi connectivity index (χ1n) is 9.07. The van der Waals surface area contributed by atoms with Gasteiger partial charge in [-0.1, -0.05) is 20.3 Å². The number of ether oxygens (including phenoxy) is 1. The first-order valence-corrected chi connectivity index (χ1v) is 9.07. The third kappa shape index (κ3) is 4.29. The van der Waals surface area contributed by atoms with Crippen molar-refractivity contribution in [2.45, 2.75) is 73.1 Å². The predicted molar refractivity (Wildman–Crippen MR) is 99.3 cm³/mol. The summed E-state index contributed by atoms with van der Waals surface area (Å²) in [5, 5.41) is 4.89. The highest BCUT2D eigenvalue weighted by Crippen LogP contribution is 2.30. The molecule has 0 atom stereocenters. The molecular formula is C20H32N2O. The first-order chi connectivity index (χ1) is 11.1. The van der Waals surface area contributed by atoms with Gasteiger partial charge in [0.2, 0.25) is 0 Å². The molecule has 0 radical (unpaired) electrons. The lowest BCUT2D eigenvalue weighted by molar-refractivity contribution is 0.243. The molecule has 2 rings (SSSR count). The Labute approximate surface area is 141 Å². The summed E-state index contributed by atoms with van der Waals surface area (Å²) >= 11 is 0. The molecule has 0 saturated carbocycles. The summed E-state index contributed by atoms with van der Waals surface area (Å²) in [6.45, 7) is 13.9. The van der Waals surface area contributed by atoms with Gasteiger partial charge in [-0.15, -0.1) is 0 Å². The van der Waals surface area contributed by atoms with E-state index in [2.05, 4.69) is 62.7 Å². The van der Waals surface area contributed by atoms with Gasteiger partial charge in [0.25, 0.3) is 0 Å². The maximum absolute atomic E-state index is 5.90. The van der Waals surface area contributed by atoms with E-state index in [-0.39, 0.29) is 6.10 Å². The number of unbranched alkanes of at least 4 members (excludes halogenated alkanes) is 1. The number of benzene rings is 1. The van der Waals surface area contributed by atoms with Crippen LogP contribution < -0.4 is 10.1 Å². The summed E-state index contributed by atoms with van der Waals surface area (Å²) in [6, 6.07) is 6.54. The summed E-state index contributed by atoms with van der Waals surface area (Å²) < 4.78 is 8.38. The Morgan fingerprint density at radius 1 is 1.17 bits per heavy atom. The zero-order valence-electron chi connectivity index (χ0n) is 15.4. The highest BCUT2D eigenvalue weighted by molar-refractivity contribution is 5.87. The molecule has 3 heteroatoms. The number of hydrogen-bond donors (Lipinski definition) is 1. The van der Waals surface area contributed by atoms with E-state index in [0.29, 0.717) is 0 Å². The lowest BCUT2D eigenvalue weighted by Gasteiger charge is -2.10. The van der Waals surface area contributed by atoms with Crippen molar-refractivity contribution in [2.75, 3.05) is 6.54 Å². The molecule has 23 heavy (non-hydrogen) atoms. The minimum Gasteiger partial charge on any atom is -0.491 e. The van der Waals surface area contributed by atoms with Crippen molar-refractivity contribution in [3.05, 3.63) is 29.5 Å². The Morgan fingerprint density at radius 3 is 2.61 bits per heavy atom. The van der Waals surface area contributed by atoms with Crippen LogP contribution in [0.5, 0.6) is 5.75 Å². The molecule has 0 saturated heterocycles. The standard InChI is InChI=1S/C20H32N2O/c1-6-8-12-22-16(5)19(14-21-11-7-2)18-13-17(23-15(3)4)9-10-20(18)22/h9-10,13,15,21H,6-8,11-12,14H2,1-5H3. The van der Waals surface area contributed by atoms with Gasteiger partial charge in [0.15, 0.2) is 0 Å². The fraction of sp³-hybridized carbons (Fsp3) is 0.600. The Bertz CT molecular complexity index is 628. The van der Waals surface area contributed by atoms with Crippen LogP contribution in [0, 0.1) is 6.92 Å². The zero-order valence-corrected chi connectivity index (χ0v) is 15.4. The molecule has 0 aliphatic carbocycles. The van der Waals surface area contributed by atoms with Crippen LogP contribution >= 0.6 is 0 Å². The minimum absolute atomic E-state index is 0.206. The van der Waals surface area contributed by atoms with Gasteiger partial charge in [-0.3, -0.25) is 0 Å². The molecule has 0 aliphatic heterocycles. The monoisotopic (exact) mass is 316 g/mol. The number of rotatable bonds is 9. The first kappa shape index (κ1) is 17.9. The summed E-state index contributed by atoms with van der Waals surface area (Å²) in [5.41, 5.74) is 4.14. The Kier molecular flexibility index (Phi) is 6.52. The number of fused-ring (bicyclic) bond motifs is 1. The normalized spacial score (nSPS) is 11.6. The van der Waals surface area contributed by atoms with Crippen LogP contribution in [-0.2, 0) is 13.1 Å². The Morgan fingerprint density at radius 2 is 1.96 bits per heavy atom. The van der Waals surface area contributed by atoms with Gasteiger partial charge in [0.05, 0.1) is 6.10 Å². The summed E-state index contributed by atoms with van der Waals surface area (Å²) in [6.07, 6.45) is 3.81. The lowest BCUT2D eigenvalue weighted by atomic mass is 10.1. The van der Waals surface area contributed by atoms with Crippen molar-refractivity contribution in [3.8, 4) is 5.75 Å². The van der Waals surface area contributed by atoms with Crippen LogP contribution in [0.25, 0.3) is 10.9 Å². The molecule has 1 N–H and O–H groups in total. The molecule has 1 aromatic heterocycles. The van der Waals surface area contributed by atoms with Crippen molar-refractivity contribution in [2.24, 2.45) is 0 Å². The second-order valence-electron chi connectivity index (χ2n) is 6.59. The molecule has 3 nitrogen and oxygen atoms in total. The van der Waals surface area contributed by atoms with E-state index in [1.165, 1.54) is 35.0 Å². The molecule has 0 spiro atoms. The quantitative estimate of drug-likeness (QED) is 0.656. The average molecular weight is 316 g/mol. The minimum atomic E-state index is 0.206. The van der Waals surface area contributed by atoms with Crippen molar-refractivity contribution in [1.29, 1.82) is 0 Å². The molecule has 1 aromatic carbocycles. The maximum Gasteiger partial charge on any atom is 0.120 e. The van der Waals surface area contributed by atoms with Crippen LogP contribution in [0.2, 0.25) is 0 Å². The maximum atomic E-state index is 5.90. The predicted octanol–water partition coefficient (Wildman–Crippen LogP) is 5.04. The summed E-state index contributed by atoms with van der Waals surface area (Å²) in [5.74, 6) is 0.969. The molecule has 0 fully saturated rings. The van der Waals surface area contributed by atoms with Gasteiger partial charge >= 0.3 is 0 Å². The smallest absolute Gasteiger partial charge is 0.120 e.